The molecule has 25 heavy (non-hydrogen) atoms. The zero-order valence-corrected chi connectivity index (χ0v) is 16.9. The molecule has 1 aliphatic heterocycles. The third-order valence-electron chi connectivity index (χ3n) is 4.92. The molecule has 1 fully saturated rings. The predicted octanol–water partition coefficient (Wildman–Crippen LogP) is 4.40. The van der Waals surface area contributed by atoms with E-state index >= 15 is 0 Å². The number of likely N-dealkylation sites (tertiary alicyclic amines) is 1. The maximum atomic E-state index is 12.3. The molecule has 1 aliphatic rings. The molecular formula is C21H35ClN2O. The van der Waals surface area contributed by atoms with E-state index in [1.54, 1.807) is 0 Å². The van der Waals surface area contributed by atoms with Gasteiger partial charge in [0.05, 0.1) is 5.92 Å². The van der Waals surface area contributed by atoms with Crippen LogP contribution in [0.5, 0.6) is 0 Å². The molecule has 4 heteroatoms. The van der Waals surface area contributed by atoms with Gasteiger partial charge >= 0.3 is 0 Å². The van der Waals surface area contributed by atoms with Crippen LogP contribution < -0.4 is 5.32 Å². The lowest BCUT2D eigenvalue weighted by Gasteiger charge is -2.26. The zero-order chi connectivity index (χ0) is 17.4. The monoisotopic (exact) mass is 366 g/mol. The van der Waals surface area contributed by atoms with E-state index in [1.165, 1.54) is 37.9 Å². The quantitative estimate of drug-likeness (QED) is 0.691. The molecule has 1 heterocycles. The van der Waals surface area contributed by atoms with Crippen LogP contribution in [0.1, 0.15) is 63.5 Å². The normalized spacial score (nSPS) is 16.3. The molecule has 0 aliphatic carbocycles. The number of carbonyl (C=O) groups is 1. The van der Waals surface area contributed by atoms with Crippen molar-refractivity contribution in [1.29, 1.82) is 0 Å². The lowest BCUT2D eigenvalue weighted by atomic mass is 9.96. The molecule has 1 N–H and O–H groups in total. The molecule has 1 saturated heterocycles. The Hall–Kier alpha value is -1.06. The van der Waals surface area contributed by atoms with Gasteiger partial charge in [-0.05, 0) is 69.3 Å². The standard InChI is InChI=1S/C21H34N2O.ClH/c1-17(2)16-19-8-10-20(11-9-19)18(3)21(24)22-12-7-15-23-13-5-4-6-14-23;/h8-11,17-18H,4-7,12-16H2,1-3H3,(H,22,24);1H/t18-;/m1./s1. The van der Waals surface area contributed by atoms with Gasteiger partial charge in [-0.3, -0.25) is 4.79 Å². The van der Waals surface area contributed by atoms with Crippen LogP contribution in [-0.4, -0.2) is 37.0 Å². The van der Waals surface area contributed by atoms with Crippen LogP contribution in [0.15, 0.2) is 24.3 Å². The number of piperidine rings is 1. The van der Waals surface area contributed by atoms with Gasteiger partial charge in [0.1, 0.15) is 0 Å². The lowest BCUT2D eigenvalue weighted by Crippen LogP contribution is -2.34. The SMILES string of the molecule is CC(C)Cc1ccc([C@@H](C)C(=O)NCCCN2CCCCC2)cc1.Cl. The Balaban J connectivity index is 0.00000312. The van der Waals surface area contributed by atoms with Crippen LogP contribution in [0, 0.1) is 5.92 Å². The van der Waals surface area contributed by atoms with Gasteiger partial charge in [-0.25, -0.2) is 0 Å². The third-order valence-corrected chi connectivity index (χ3v) is 4.92. The van der Waals surface area contributed by atoms with Crippen LogP contribution in [0.4, 0.5) is 0 Å². The van der Waals surface area contributed by atoms with Crippen molar-refractivity contribution in [2.24, 2.45) is 5.92 Å². The molecule has 1 aromatic rings. The second-order valence-corrected chi connectivity index (χ2v) is 7.61. The zero-order valence-electron chi connectivity index (χ0n) is 16.1. The highest BCUT2D eigenvalue weighted by Gasteiger charge is 2.15. The molecular weight excluding hydrogens is 332 g/mol. The molecule has 0 aromatic heterocycles. The van der Waals surface area contributed by atoms with Gasteiger partial charge in [0.25, 0.3) is 0 Å². The maximum absolute atomic E-state index is 12.3. The summed E-state index contributed by atoms with van der Waals surface area (Å²) >= 11 is 0. The molecule has 0 spiro atoms. The highest BCUT2D eigenvalue weighted by atomic mass is 35.5. The topological polar surface area (TPSA) is 32.3 Å². The average Bonchev–Trinajstić information content (AvgIpc) is 2.59. The van der Waals surface area contributed by atoms with Crippen LogP contribution in [0.2, 0.25) is 0 Å². The molecule has 0 unspecified atom stereocenters. The second kappa shape index (κ2) is 11.5. The summed E-state index contributed by atoms with van der Waals surface area (Å²) in [7, 11) is 0. The minimum atomic E-state index is -0.0758. The number of nitrogens with zero attached hydrogens (tertiary/aromatic N) is 1. The van der Waals surface area contributed by atoms with Gasteiger partial charge in [-0.2, -0.15) is 0 Å². The van der Waals surface area contributed by atoms with E-state index in [2.05, 4.69) is 48.3 Å². The van der Waals surface area contributed by atoms with Gasteiger partial charge < -0.3 is 10.2 Å². The molecule has 3 nitrogen and oxygen atoms in total. The van der Waals surface area contributed by atoms with E-state index < -0.39 is 0 Å². The van der Waals surface area contributed by atoms with Crippen LogP contribution in [-0.2, 0) is 11.2 Å². The highest BCUT2D eigenvalue weighted by molar-refractivity contribution is 5.85. The summed E-state index contributed by atoms with van der Waals surface area (Å²) in [6, 6.07) is 8.54. The Morgan fingerprint density at radius 3 is 2.32 bits per heavy atom. The Labute approximate surface area is 160 Å². The first-order chi connectivity index (χ1) is 11.6. The van der Waals surface area contributed by atoms with E-state index in [9.17, 15) is 4.79 Å². The largest absolute Gasteiger partial charge is 0.356 e. The minimum Gasteiger partial charge on any atom is -0.356 e. The number of hydrogen-bond acceptors (Lipinski definition) is 2. The molecule has 1 amide bonds. The summed E-state index contributed by atoms with van der Waals surface area (Å²) in [6.07, 6.45) is 6.18. The highest BCUT2D eigenvalue weighted by Crippen LogP contribution is 2.17. The fraction of sp³-hybridized carbons (Fsp3) is 0.667. The first kappa shape index (κ1) is 22.0. The van der Waals surface area contributed by atoms with Crippen molar-refractivity contribution >= 4 is 18.3 Å². The molecule has 0 radical (unpaired) electrons. The number of rotatable bonds is 8. The summed E-state index contributed by atoms with van der Waals surface area (Å²) in [5.41, 5.74) is 2.46. The molecule has 0 saturated carbocycles. The number of carbonyl (C=O) groups excluding carboxylic acids is 1. The number of nitrogens with one attached hydrogen (secondary N) is 1. The van der Waals surface area contributed by atoms with E-state index in [-0.39, 0.29) is 24.2 Å². The van der Waals surface area contributed by atoms with Gasteiger partial charge in [0.15, 0.2) is 0 Å². The summed E-state index contributed by atoms with van der Waals surface area (Å²) in [5, 5.41) is 3.10. The van der Waals surface area contributed by atoms with Crippen LogP contribution in [0.3, 0.4) is 0 Å². The van der Waals surface area contributed by atoms with Gasteiger partial charge in [-0.15, -0.1) is 12.4 Å². The summed E-state index contributed by atoms with van der Waals surface area (Å²) in [4.78, 5) is 14.9. The Morgan fingerprint density at radius 2 is 1.72 bits per heavy atom. The van der Waals surface area contributed by atoms with Gasteiger partial charge in [0, 0.05) is 6.54 Å². The van der Waals surface area contributed by atoms with Crippen molar-refractivity contribution in [3.05, 3.63) is 35.4 Å². The predicted molar refractivity (Wildman–Crippen MR) is 109 cm³/mol. The fourth-order valence-corrected chi connectivity index (χ4v) is 3.42. The molecule has 142 valence electrons. The second-order valence-electron chi connectivity index (χ2n) is 7.61. The maximum Gasteiger partial charge on any atom is 0.227 e. The number of halogens is 1. The third kappa shape index (κ3) is 7.79. The molecule has 1 atom stereocenters. The van der Waals surface area contributed by atoms with Crippen molar-refractivity contribution in [3.63, 3.8) is 0 Å². The van der Waals surface area contributed by atoms with E-state index in [1.807, 2.05) is 6.92 Å². The Morgan fingerprint density at radius 1 is 1.08 bits per heavy atom. The van der Waals surface area contributed by atoms with Crippen molar-refractivity contribution in [1.82, 2.24) is 10.2 Å². The Kier molecular flexibility index (Phi) is 10.1. The smallest absolute Gasteiger partial charge is 0.227 e. The molecule has 0 bridgehead atoms. The average molecular weight is 367 g/mol. The number of amides is 1. The number of benzene rings is 1. The van der Waals surface area contributed by atoms with Crippen LogP contribution >= 0.6 is 12.4 Å². The van der Waals surface area contributed by atoms with E-state index in [0.29, 0.717) is 5.92 Å². The van der Waals surface area contributed by atoms with Crippen molar-refractivity contribution < 1.29 is 4.79 Å². The number of hydrogen-bond donors (Lipinski definition) is 1. The van der Waals surface area contributed by atoms with Crippen molar-refractivity contribution in [2.45, 2.75) is 58.8 Å². The lowest BCUT2D eigenvalue weighted by molar-refractivity contribution is -0.122. The summed E-state index contributed by atoms with van der Waals surface area (Å²) in [5.74, 6) is 0.731. The van der Waals surface area contributed by atoms with Gasteiger partial charge in [-0.1, -0.05) is 44.5 Å². The summed E-state index contributed by atoms with van der Waals surface area (Å²) < 4.78 is 0. The minimum absolute atomic E-state index is 0. The van der Waals surface area contributed by atoms with Crippen LogP contribution in [0.25, 0.3) is 0 Å². The van der Waals surface area contributed by atoms with Crippen molar-refractivity contribution in [3.8, 4) is 0 Å². The van der Waals surface area contributed by atoms with Crippen molar-refractivity contribution in [2.75, 3.05) is 26.2 Å². The summed E-state index contributed by atoms with van der Waals surface area (Å²) in [6.45, 7) is 10.8. The molecule has 2 rings (SSSR count). The first-order valence-electron chi connectivity index (χ1n) is 9.65. The first-order valence-corrected chi connectivity index (χ1v) is 9.65. The fourth-order valence-electron chi connectivity index (χ4n) is 3.42. The van der Waals surface area contributed by atoms with E-state index in [4.69, 9.17) is 0 Å². The van der Waals surface area contributed by atoms with Gasteiger partial charge in [0.2, 0.25) is 5.91 Å². The Bertz CT molecular complexity index is 495. The van der Waals surface area contributed by atoms with E-state index in [0.717, 1.165) is 31.5 Å². The molecule has 1 aromatic carbocycles.